The number of carbonyl (C=O) groups is 2. The fourth-order valence-corrected chi connectivity index (χ4v) is 6.46. The van der Waals surface area contributed by atoms with Crippen LogP contribution in [0.2, 0.25) is 0 Å². The summed E-state index contributed by atoms with van der Waals surface area (Å²) in [6.07, 6.45) is 8.29. The Morgan fingerprint density at radius 3 is 2.49 bits per heavy atom. The Morgan fingerprint density at radius 2 is 1.73 bits per heavy atom. The van der Waals surface area contributed by atoms with E-state index in [2.05, 4.69) is 22.0 Å². The first-order valence-electron chi connectivity index (χ1n) is 15.3. The molecule has 2 aliphatic rings. The minimum atomic E-state index is -0.893. The topological polar surface area (TPSA) is 105 Å². The van der Waals surface area contributed by atoms with E-state index in [-0.39, 0.29) is 23.6 Å². The van der Waals surface area contributed by atoms with Gasteiger partial charge in [-0.15, -0.1) is 0 Å². The summed E-state index contributed by atoms with van der Waals surface area (Å²) < 4.78 is 16.2. The number of nitrogens with zero attached hydrogens (tertiary/aromatic N) is 6. The van der Waals surface area contributed by atoms with E-state index in [1.807, 2.05) is 33.9 Å². The number of non-ortho nitro benzene ring substituents is 1. The predicted octanol–water partition coefficient (Wildman–Crippen LogP) is 5.09. The number of halogens is 1. The quantitative estimate of drug-likeness (QED) is 0.126. The monoisotopic (exact) mass is 610 g/mol. The van der Waals surface area contributed by atoms with Gasteiger partial charge in [0.25, 0.3) is 11.6 Å². The standard InChI is InChI=1S/C34H35FN6O4/c35-27-12-6-11-26(20-27)21-31-34(43)38(17-5-4-10-25-8-2-1-3-9-25)23-32-39(18-7-16-37-19-15-36-24-37)30-14-13-28(41(44)45)22-29(30)33(42)40(31)32/h1-3,6,8-9,11-15,19-20,22,24,31-32H,4-5,7,10,16-18,21,23H2/t31-,32?/m0/s1. The number of carbonyl (C=O) groups excluding carboxylic acids is 2. The number of benzene rings is 3. The van der Waals surface area contributed by atoms with Crippen LogP contribution in [0.5, 0.6) is 0 Å². The molecule has 6 rings (SSSR count). The van der Waals surface area contributed by atoms with Crippen molar-refractivity contribution in [1.82, 2.24) is 19.4 Å². The zero-order chi connectivity index (χ0) is 31.3. The number of anilines is 1. The van der Waals surface area contributed by atoms with E-state index in [9.17, 15) is 24.1 Å². The molecule has 1 saturated heterocycles. The highest BCUT2D eigenvalue weighted by molar-refractivity contribution is 6.05. The van der Waals surface area contributed by atoms with Crippen LogP contribution in [-0.2, 0) is 24.2 Å². The number of hydrogen-bond acceptors (Lipinski definition) is 6. The fourth-order valence-electron chi connectivity index (χ4n) is 6.46. The number of nitro groups is 1. The summed E-state index contributed by atoms with van der Waals surface area (Å²) in [5.41, 5.74) is 2.45. The predicted molar refractivity (Wildman–Crippen MR) is 167 cm³/mol. The molecule has 2 atom stereocenters. The average molecular weight is 611 g/mol. The van der Waals surface area contributed by atoms with E-state index in [0.29, 0.717) is 43.9 Å². The average Bonchev–Trinajstić information content (AvgIpc) is 3.56. The van der Waals surface area contributed by atoms with Gasteiger partial charge in [0.1, 0.15) is 18.0 Å². The normalized spacial score (nSPS) is 17.8. The largest absolute Gasteiger partial charge is 0.349 e. The summed E-state index contributed by atoms with van der Waals surface area (Å²) in [7, 11) is 0. The summed E-state index contributed by atoms with van der Waals surface area (Å²) in [5, 5.41) is 11.7. The van der Waals surface area contributed by atoms with E-state index in [1.54, 1.807) is 35.6 Å². The number of nitro benzene ring substituents is 1. The van der Waals surface area contributed by atoms with Crippen LogP contribution in [0.3, 0.4) is 0 Å². The Kier molecular flexibility index (Phi) is 8.86. The van der Waals surface area contributed by atoms with Gasteiger partial charge in [0.05, 0.1) is 29.0 Å². The highest BCUT2D eigenvalue weighted by Crippen LogP contribution is 2.38. The molecular formula is C34H35FN6O4. The van der Waals surface area contributed by atoms with Crippen molar-refractivity contribution in [3.8, 4) is 0 Å². The molecule has 1 unspecified atom stereocenters. The molecule has 3 heterocycles. The summed E-state index contributed by atoms with van der Waals surface area (Å²) in [6, 6.07) is 19.8. The van der Waals surface area contributed by atoms with E-state index in [4.69, 9.17) is 0 Å². The Morgan fingerprint density at radius 1 is 0.911 bits per heavy atom. The number of rotatable bonds is 12. The third-order valence-electron chi connectivity index (χ3n) is 8.64. The van der Waals surface area contributed by atoms with Crippen LogP contribution in [0.1, 0.15) is 40.7 Å². The third-order valence-corrected chi connectivity index (χ3v) is 8.64. The van der Waals surface area contributed by atoms with Crippen molar-refractivity contribution in [2.45, 2.75) is 50.9 Å². The molecule has 0 aliphatic carbocycles. The van der Waals surface area contributed by atoms with Crippen molar-refractivity contribution in [1.29, 1.82) is 0 Å². The number of unbranched alkanes of at least 4 members (excludes halogenated alkanes) is 1. The lowest BCUT2D eigenvalue weighted by Gasteiger charge is -2.53. The second-order valence-corrected chi connectivity index (χ2v) is 11.6. The molecule has 4 aromatic rings. The molecule has 11 heteroatoms. The van der Waals surface area contributed by atoms with Gasteiger partial charge in [-0.25, -0.2) is 9.37 Å². The van der Waals surface area contributed by atoms with Crippen molar-refractivity contribution in [2.75, 3.05) is 24.5 Å². The lowest BCUT2D eigenvalue weighted by Crippen LogP contribution is -2.70. The summed E-state index contributed by atoms with van der Waals surface area (Å²) >= 11 is 0. The maximum absolute atomic E-state index is 14.2. The number of piperazine rings is 1. The number of aryl methyl sites for hydroxylation is 2. The summed E-state index contributed by atoms with van der Waals surface area (Å²) in [6.45, 7) is 2.06. The van der Waals surface area contributed by atoms with E-state index in [1.165, 1.54) is 29.8 Å². The number of amides is 2. The molecule has 0 N–H and O–H groups in total. The zero-order valence-electron chi connectivity index (χ0n) is 24.9. The molecule has 3 aromatic carbocycles. The lowest BCUT2D eigenvalue weighted by atomic mass is 9.94. The summed E-state index contributed by atoms with van der Waals surface area (Å²) in [4.78, 5) is 49.1. The fraction of sp³-hybridized carbons (Fsp3) is 0.324. The number of hydrogen-bond donors (Lipinski definition) is 0. The Labute approximate surface area is 260 Å². The van der Waals surface area contributed by atoms with Crippen LogP contribution >= 0.6 is 0 Å². The zero-order valence-corrected chi connectivity index (χ0v) is 24.9. The van der Waals surface area contributed by atoms with Gasteiger partial charge in [0.15, 0.2) is 0 Å². The minimum absolute atomic E-state index is 0.131. The van der Waals surface area contributed by atoms with Crippen LogP contribution in [0.4, 0.5) is 15.8 Å². The number of imidazole rings is 1. The molecular weight excluding hydrogens is 575 g/mol. The molecule has 0 bridgehead atoms. The molecule has 10 nitrogen and oxygen atoms in total. The Balaban J connectivity index is 1.32. The smallest absolute Gasteiger partial charge is 0.270 e. The third kappa shape index (κ3) is 6.57. The number of aromatic nitrogens is 2. The molecule has 1 aromatic heterocycles. The number of fused-ring (bicyclic) bond motifs is 2. The maximum atomic E-state index is 14.2. The van der Waals surface area contributed by atoms with Crippen molar-refractivity contribution in [2.24, 2.45) is 0 Å². The molecule has 232 valence electrons. The highest BCUT2D eigenvalue weighted by atomic mass is 19.1. The van der Waals surface area contributed by atoms with Gasteiger partial charge in [0, 0.05) is 50.6 Å². The first kappa shape index (κ1) is 30.0. The molecule has 2 aliphatic heterocycles. The van der Waals surface area contributed by atoms with Gasteiger partial charge in [0.2, 0.25) is 5.91 Å². The lowest BCUT2D eigenvalue weighted by molar-refractivity contribution is -0.384. The summed E-state index contributed by atoms with van der Waals surface area (Å²) in [5.74, 6) is -1.05. The Hall–Kier alpha value is -5.06. The molecule has 1 fully saturated rings. The van der Waals surface area contributed by atoms with Crippen LogP contribution in [0.25, 0.3) is 0 Å². The van der Waals surface area contributed by atoms with E-state index >= 15 is 0 Å². The van der Waals surface area contributed by atoms with Gasteiger partial charge < -0.3 is 19.3 Å². The second-order valence-electron chi connectivity index (χ2n) is 11.6. The van der Waals surface area contributed by atoms with Crippen molar-refractivity contribution < 1.29 is 18.9 Å². The van der Waals surface area contributed by atoms with E-state index < -0.39 is 28.9 Å². The van der Waals surface area contributed by atoms with Crippen LogP contribution in [0, 0.1) is 15.9 Å². The highest BCUT2D eigenvalue weighted by Gasteiger charge is 2.49. The molecule has 45 heavy (non-hydrogen) atoms. The van der Waals surface area contributed by atoms with Gasteiger partial charge in [-0.1, -0.05) is 42.5 Å². The van der Waals surface area contributed by atoms with Crippen molar-refractivity contribution in [3.63, 3.8) is 0 Å². The van der Waals surface area contributed by atoms with Crippen molar-refractivity contribution in [3.05, 3.63) is 124 Å². The molecule has 0 radical (unpaired) electrons. The second kappa shape index (κ2) is 13.3. The van der Waals surface area contributed by atoms with Crippen LogP contribution < -0.4 is 4.90 Å². The first-order valence-corrected chi connectivity index (χ1v) is 15.3. The van der Waals surface area contributed by atoms with Gasteiger partial charge in [-0.3, -0.25) is 19.7 Å². The van der Waals surface area contributed by atoms with Crippen molar-refractivity contribution >= 4 is 23.2 Å². The molecule has 2 amide bonds. The SMILES string of the molecule is O=C1[C@H](Cc2cccc(F)c2)N2C(=O)c3cc([N+](=O)[O-])ccc3N(CCCn3ccnc3)C2CN1CCCCc1ccccc1. The van der Waals surface area contributed by atoms with Gasteiger partial charge >= 0.3 is 0 Å². The maximum Gasteiger partial charge on any atom is 0.270 e. The van der Waals surface area contributed by atoms with Gasteiger partial charge in [-0.05, 0) is 55.0 Å². The van der Waals surface area contributed by atoms with Crippen LogP contribution in [0.15, 0.2) is 91.5 Å². The molecule has 0 spiro atoms. The molecule has 0 saturated carbocycles. The van der Waals surface area contributed by atoms with Crippen LogP contribution in [-0.4, -0.2) is 67.9 Å². The first-order chi connectivity index (χ1) is 21.9. The Bertz CT molecular complexity index is 1660. The van der Waals surface area contributed by atoms with E-state index in [0.717, 1.165) is 19.3 Å². The van der Waals surface area contributed by atoms with Gasteiger partial charge in [-0.2, -0.15) is 0 Å². The minimum Gasteiger partial charge on any atom is -0.349 e.